The van der Waals surface area contributed by atoms with E-state index in [0.717, 1.165) is 24.8 Å². The molecule has 0 aliphatic heterocycles. The molecular weight excluding hydrogens is 272 g/mol. The fourth-order valence-corrected chi connectivity index (χ4v) is 3.94. The molecule has 0 saturated heterocycles. The summed E-state index contributed by atoms with van der Waals surface area (Å²) in [6.07, 6.45) is 4.46. The van der Waals surface area contributed by atoms with E-state index < -0.39 is 5.41 Å². The van der Waals surface area contributed by atoms with Crippen molar-refractivity contribution in [2.24, 2.45) is 16.7 Å². The molecule has 0 unspecified atom stereocenters. The van der Waals surface area contributed by atoms with E-state index in [9.17, 15) is 4.79 Å². The van der Waals surface area contributed by atoms with Crippen LogP contribution < -0.4 is 5.32 Å². The van der Waals surface area contributed by atoms with Gasteiger partial charge >= 0.3 is 0 Å². The Morgan fingerprint density at radius 3 is 2.80 bits per heavy atom. The highest BCUT2D eigenvalue weighted by molar-refractivity contribution is 6.30. The number of hydrogen-bond donors (Lipinski definition) is 1. The summed E-state index contributed by atoms with van der Waals surface area (Å²) in [5, 5.41) is 3.49. The van der Waals surface area contributed by atoms with E-state index in [2.05, 4.69) is 30.7 Å². The lowest BCUT2D eigenvalue weighted by Gasteiger charge is -2.37. The molecule has 0 aromatic carbocycles. The first-order chi connectivity index (χ1) is 9.36. The Morgan fingerprint density at radius 2 is 2.25 bits per heavy atom. The van der Waals surface area contributed by atoms with E-state index in [1.54, 1.807) is 18.3 Å². The molecule has 1 aromatic heterocycles. The van der Waals surface area contributed by atoms with E-state index in [1.807, 2.05) is 0 Å². The Balaban J connectivity index is 1.84. The third kappa shape index (κ3) is 1.80. The van der Waals surface area contributed by atoms with Crippen LogP contribution in [0.2, 0.25) is 5.02 Å². The number of fused-ring (bicyclic) bond motifs is 2. The molecule has 2 saturated carbocycles. The minimum Gasteiger partial charge on any atom is -0.310 e. The molecule has 1 N–H and O–H groups in total. The van der Waals surface area contributed by atoms with Crippen molar-refractivity contribution in [3.8, 4) is 0 Å². The van der Waals surface area contributed by atoms with Gasteiger partial charge in [0, 0.05) is 6.20 Å². The van der Waals surface area contributed by atoms with Gasteiger partial charge in [-0.3, -0.25) is 4.79 Å². The van der Waals surface area contributed by atoms with Crippen molar-refractivity contribution in [2.45, 2.75) is 33.1 Å². The number of aromatic nitrogens is 1. The number of carbonyl (C=O) groups excluding carboxylic acids is 1. The quantitative estimate of drug-likeness (QED) is 0.835. The van der Waals surface area contributed by atoms with Crippen LogP contribution in [0, 0.1) is 16.7 Å². The summed E-state index contributed by atoms with van der Waals surface area (Å²) in [7, 11) is 0. The summed E-state index contributed by atoms with van der Waals surface area (Å²) < 4.78 is 0. The second-order valence-corrected chi connectivity index (χ2v) is 6.97. The molecule has 2 aliphatic carbocycles. The van der Waals surface area contributed by atoms with Gasteiger partial charge in [0.1, 0.15) is 5.82 Å². The fraction of sp³-hybridized carbons (Fsp3) is 0.500. The molecule has 2 fully saturated rings. The topological polar surface area (TPSA) is 42.0 Å². The Labute approximate surface area is 124 Å². The first-order valence-electron chi connectivity index (χ1n) is 6.99. The average Bonchev–Trinajstić information content (AvgIpc) is 2.93. The molecule has 4 heteroatoms. The number of halogens is 1. The van der Waals surface area contributed by atoms with Crippen LogP contribution in [-0.4, -0.2) is 10.9 Å². The Bertz CT molecular complexity index is 579. The molecule has 2 aliphatic rings. The molecule has 0 spiro atoms. The first-order valence-corrected chi connectivity index (χ1v) is 7.37. The van der Waals surface area contributed by atoms with E-state index >= 15 is 0 Å². The van der Waals surface area contributed by atoms with Gasteiger partial charge in [0.2, 0.25) is 5.91 Å². The molecule has 1 heterocycles. The number of amides is 1. The molecule has 20 heavy (non-hydrogen) atoms. The Hall–Kier alpha value is -1.35. The highest BCUT2D eigenvalue weighted by atomic mass is 35.5. The van der Waals surface area contributed by atoms with E-state index in [4.69, 9.17) is 11.6 Å². The molecule has 3 nitrogen and oxygen atoms in total. The second-order valence-electron chi connectivity index (χ2n) is 6.54. The predicted octanol–water partition coefficient (Wildman–Crippen LogP) is 4.06. The van der Waals surface area contributed by atoms with E-state index in [-0.39, 0.29) is 11.3 Å². The van der Waals surface area contributed by atoms with Crippen LogP contribution in [0.1, 0.15) is 33.1 Å². The molecule has 0 radical (unpaired) electrons. The van der Waals surface area contributed by atoms with E-state index in [1.165, 1.54) is 0 Å². The third-order valence-corrected chi connectivity index (χ3v) is 5.52. The minimum absolute atomic E-state index is 0.0328. The molecular formula is C16H19ClN2O. The predicted molar refractivity (Wildman–Crippen MR) is 80.6 cm³/mol. The van der Waals surface area contributed by atoms with E-state index in [0.29, 0.717) is 16.8 Å². The van der Waals surface area contributed by atoms with Crippen molar-refractivity contribution in [2.75, 3.05) is 5.32 Å². The van der Waals surface area contributed by atoms with Crippen LogP contribution in [0.15, 0.2) is 30.5 Å². The summed E-state index contributed by atoms with van der Waals surface area (Å²) in [6.45, 7) is 8.64. The monoisotopic (exact) mass is 290 g/mol. The van der Waals surface area contributed by atoms with Crippen molar-refractivity contribution in [1.82, 2.24) is 4.98 Å². The van der Waals surface area contributed by atoms with Crippen LogP contribution in [-0.2, 0) is 4.79 Å². The number of carbonyl (C=O) groups is 1. The summed E-state index contributed by atoms with van der Waals surface area (Å²) in [5.74, 6) is 1.15. The zero-order valence-electron chi connectivity index (χ0n) is 11.9. The van der Waals surface area contributed by atoms with Crippen LogP contribution >= 0.6 is 11.6 Å². The lowest BCUT2D eigenvalue weighted by atomic mass is 9.68. The van der Waals surface area contributed by atoms with Crippen LogP contribution in [0.5, 0.6) is 0 Å². The van der Waals surface area contributed by atoms with Gasteiger partial charge in [-0.1, -0.05) is 37.6 Å². The van der Waals surface area contributed by atoms with Gasteiger partial charge in [0.05, 0.1) is 10.4 Å². The normalized spacial score (nSPS) is 30.6. The van der Waals surface area contributed by atoms with Crippen molar-refractivity contribution >= 4 is 23.3 Å². The van der Waals surface area contributed by atoms with Gasteiger partial charge in [-0.25, -0.2) is 4.98 Å². The average molecular weight is 291 g/mol. The lowest BCUT2D eigenvalue weighted by molar-refractivity contribution is -0.123. The van der Waals surface area contributed by atoms with Crippen molar-refractivity contribution in [3.05, 3.63) is 35.5 Å². The van der Waals surface area contributed by atoms with Gasteiger partial charge < -0.3 is 5.32 Å². The largest absolute Gasteiger partial charge is 0.310 e. The summed E-state index contributed by atoms with van der Waals surface area (Å²) >= 11 is 5.81. The maximum absolute atomic E-state index is 12.7. The second kappa shape index (κ2) is 4.32. The Kier molecular flexibility index (Phi) is 2.94. The molecule has 2 atom stereocenters. The maximum atomic E-state index is 12.7. The number of rotatable bonds is 2. The van der Waals surface area contributed by atoms with Crippen LogP contribution in [0.25, 0.3) is 0 Å². The molecule has 106 valence electrons. The number of nitrogens with one attached hydrogen (secondary N) is 1. The van der Waals surface area contributed by atoms with Crippen molar-refractivity contribution in [1.29, 1.82) is 0 Å². The molecule has 2 bridgehead atoms. The molecule has 1 amide bonds. The Morgan fingerprint density at radius 1 is 1.50 bits per heavy atom. The van der Waals surface area contributed by atoms with Gasteiger partial charge in [-0.05, 0) is 42.7 Å². The zero-order valence-corrected chi connectivity index (χ0v) is 12.6. The summed E-state index contributed by atoms with van der Waals surface area (Å²) in [4.78, 5) is 16.9. The highest BCUT2D eigenvalue weighted by Gasteiger charge is 2.60. The van der Waals surface area contributed by atoms with Gasteiger partial charge in [0.25, 0.3) is 0 Å². The summed E-state index contributed by atoms with van der Waals surface area (Å²) in [5.41, 5.74) is 0.728. The molecule has 3 rings (SSSR count). The minimum atomic E-state index is -0.407. The number of pyridine rings is 1. The lowest BCUT2D eigenvalue weighted by Crippen LogP contribution is -2.37. The van der Waals surface area contributed by atoms with Crippen molar-refractivity contribution < 1.29 is 4.79 Å². The van der Waals surface area contributed by atoms with Crippen molar-refractivity contribution in [3.63, 3.8) is 0 Å². The van der Waals surface area contributed by atoms with Gasteiger partial charge in [0.15, 0.2) is 0 Å². The smallest absolute Gasteiger partial charge is 0.235 e. The van der Waals surface area contributed by atoms with Gasteiger partial charge in [-0.15, -0.1) is 0 Å². The van der Waals surface area contributed by atoms with Crippen LogP contribution in [0.3, 0.4) is 0 Å². The maximum Gasteiger partial charge on any atom is 0.235 e. The molecule has 1 aromatic rings. The first kappa shape index (κ1) is 13.6. The fourth-order valence-electron chi connectivity index (χ4n) is 3.83. The standard InChI is InChI=1S/C16H19ClN2O/c1-10-15(2,3)11-6-7-16(10,8-11)14(20)19-13-5-4-12(17)9-18-13/h4-5,9,11H,1,6-8H2,2-3H3,(H,18,19,20)/t11-,16+/m0/s1. The van der Waals surface area contributed by atoms with Gasteiger partial charge in [-0.2, -0.15) is 0 Å². The number of hydrogen-bond acceptors (Lipinski definition) is 2. The zero-order chi connectivity index (χ0) is 14.5. The number of nitrogens with zero attached hydrogens (tertiary/aromatic N) is 1. The SMILES string of the molecule is C=C1C(C)(C)[C@H]2CC[C@@]1(C(=O)Nc1ccc(Cl)cn1)C2. The highest BCUT2D eigenvalue weighted by Crippen LogP contribution is 2.65. The summed E-state index contributed by atoms with van der Waals surface area (Å²) in [6, 6.07) is 3.46. The van der Waals surface area contributed by atoms with Crippen LogP contribution in [0.4, 0.5) is 5.82 Å². The number of anilines is 1. The third-order valence-electron chi connectivity index (χ3n) is 5.29.